The Hall–Kier alpha value is -4.75. The van der Waals surface area contributed by atoms with Crippen LogP contribution in [0, 0.1) is 10.8 Å². The number of likely N-dealkylation sites (tertiary alicyclic amines) is 2. The molecule has 13 heteroatoms. The zero-order valence-corrected chi connectivity index (χ0v) is 36.5. The van der Waals surface area contributed by atoms with Gasteiger partial charge in [0.25, 0.3) is 5.91 Å². The van der Waals surface area contributed by atoms with Crippen molar-refractivity contribution in [1.29, 1.82) is 0 Å². The van der Waals surface area contributed by atoms with Crippen LogP contribution in [0.25, 0.3) is 0 Å². The lowest BCUT2D eigenvalue weighted by atomic mass is 9.74. The molecule has 2 saturated carbocycles. The first-order valence-corrected chi connectivity index (χ1v) is 23.3. The van der Waals surface area contributed by atoms with Crippen molar-refractivity contribution in [2.24, 2.45) is 16.6 Å². The van der Waals surface area contributed by atoms with E-state index in [9.17, 15) is 27.6 Å². The first-order chi connectivity index (χ1) is 30.2. The molecule has 336 valence electrons. The highest BCUT2D eigenvalue weighted by Gasteiger charge is 2.59. The summed E-state index contributed by atoms with van der Waals surface area (Å²) in [6.07, 6.45) is 4.78. The number of rotatable bonds is 14. The van der Waals surface area contributed by atoms with Crippen LogP contribution in [0.5, 0.6) is 0 Å². The second-order valence-corrected chi connectivity index (χ2v) is 19.4. The molecule has 0 aromatic heterocycles. The summed E-state index contributed by atoms with van der Waals surface area (Å²) < 4.78 is 40.7. The van der Waals surface area contributed by atoms with E-state index in [1.165, 1.54) is 48.9 Å². The lowest BCUT2D eigenvalue weighted by Gasteiger charge is -2.55. The highest BCUT2D eigenvalue weighted by atomic mass is 19.4. The summed E-state index contributed by atoms with van der Waals surface area (Å²) in [5, 5.41) is 0. The van der Waals surface area contributed by atoms with Crippen LogP contribution in [0.15, 0.2) is 72.8 Å². The van der Waals surface area contributed by atoms with Crippen molar-refractivity contribution in [2.45, 2.75) is 121 Å². The third kappa shape index (κ3) is 8.40. The maximum absolute atomic E-state index is 15.7. The number of hydrogen-bond acceptors (Lipinski definition) is 6. The predicted octanol–water partition coefficient (Wildman–Crippen LogP) is 8.20. The number of piperidine rings is 2. The molecule has 3 aromatic rings. The lowest BCUT2D eigenvalue weighted by Crippen LogP contribution is -2.72. The summed E-state index contributed by atoms with van der Waals surface area (Å²) in [6.45, 7) is 5.07. The average Bonchev–Trinajstić information content (AvgIpc) is 4.23. The summed E-state index contributed by atoms with van der Waals surface area (Å²) in [4.78, 5) is 67.6. The topological polar surface area (TPSA) is 110 Å². The van der Waals surface area contributed by atoms with Gasteiger partial charge in [0.15, 0.2) is 5.66 Å². The van der Waals surface area contributed by atoms with Crippen molar-refractivity contribution in [3.63, 3.8) is 0 Å². The third-order valence-corrected chi connectivity index (χ3v) is 15.5. The van der Waals surface area contributed by atoms with E-state index in [4.69, 9.17) is 5.73 Å². The van der Waals surface area contributed by atoms with E-state index < -0.39 is 34.1 Å². The maximum atomic E-state index is 15.7. The Morgan fingerprint density at radius 3 is 1.48 bits per heavy atom. The molecule has 10 nitrogen and oxygen atoms in total. The molecule has 6 aliphatic rings. The molecule has 6 fully saturated rings. The molecule has 0 bridgehead atoms. The molecule has 2 N–H and O–H groups in total. The van der Waals surface area contributed by atoms with Crippen molar-refractivity contribution in [1.82, 2.24) is 14.7 Å². The standard InChI is InChI=1S/C50H61F3N6O4/c1-2-3-26-55(34-35-4-14-40(15-5-35)50(51,52)53)46(63)49(33-43(54)60,56-27-20-47(21-28-56)24-31-58(44(47)61)41-16-10-38(11-17-41)36-6-7-36)57-29-22-48(23-30-57)25-32-59(45(48)62)42-18-12-39(13-19-42)37-8-9-37/h4-5,10-19,36-37H,2-3,6-9,20-34H2,1H3,(H2,54,60). The van der Waals surface area contributed by atoms with E-state index in [0.29, 0.717) is 108 Å². The van der Waals surface area contributed by atoms with Crippen molar-refractivity contribution in [3.8, 4) is 0 Å². The van der Waals surface area contributed by atoms with Crippen molar-refractivity contribution >= 4 is 35.0 Å². The quantitative estimate of drug-likeness (QED) is 0.175. The molecule has 2 aliphatic carbocycles. The minimum Gasteiger partial charge on any atom is -0.370 e. The highest BCUT2D eigenvalue weighted by molar-refractivity contribution is 6.01. The lowest BCUT2D eigenvalue weighted by molar-refractivity contribution is -0.175. The van der Waals surface area contributed by atoms with Crippen LogP contribution in [0.3, 0.4) is 0 Å². The number of nitrogens with zero attached hydrogens (tertiary/aromatic N) is 5. The molecule has 0 unspecified atom stereocenters. The fourth-order valence-electron chi connectivity index (χ4n) is 11.2. The van der Waals surface area contributed by atoms with Crippen molar-refractivity contribution in [3.05, 3.63) is 95.1 Å². The normalized spacial score (nSPS) is 21.8. The number of carbonyl (C=O) groups is 4. The second-order valence-electron chi connectivity index (χ2n) is 19.4. The van der Waals surface area contributed by atoms with Crippen LogP contribution in [0.2, 0.25) is 0 Å². The first-order valence-electron chi connectivity index (χ1n) is 23.3. The van der Waals surface area contributed by atoms with Gasteiger partial charge in [0.2, 0.25) is 17.7 Å². The number of carbonyl (C=O) groups excluding carboxylic acids is 4. The van der Waals surface area contributed by atoms with Crippen LogP contribution < -0.4 is 15.5 Å². The second kappa shape index (κ2) is 17.0. The zero-order chi connectivity index (χ0) is 44.1. The van der Waals surface area contributed by atoms with Crippen LogP contribution in [-0.2, 0) is 31.9 Å². The van der Waals surface area contributed by atoms with Gasteiger partial charge in [0.05, 0.1) is 22.8 Å². The SMILES string of the molecule is CCCCN(Cc1ccc(C(F)(F)F)cc1)C(=O)C(CC(N)=O)(N1CCC2(CCN(c3ccc(C4CC4)cc3)C2=O)CC1)N1CCC2(CCN(c3ccc(C4CC4)cc3)C2=O)CC1. The van der Waals surface area contributed by atoms with E-state index in [0.717, 1.165) is 29.9 Å². The summed E-state index contributed by atoms with van der Waals surface area (Å²) >= 11 is 0. The van der Waals surface area contributed by atoms with Gasteiger partial charge in [-0.2, -0.15) is 13.2 Å². The predicted molar refractivity (Wildman–Crippen MR) is 236 cm³/mol. The number of primary amides is 1. The monoisotopic (exact) mass is 866 g/mol. The number of benzene rings is 3. The molecule has 3 aromatic carbocycles. The molecule has 2 spiro atoms. The number of unbranched alkanes of at least 4 members (excludes halogenated alkanes) is 1. The molecule has 4 aliphatic heterocycles. The molecule has 4 amide bonds. The molecule has 4 heterocycles. The Kier molecular flexibility index (Phi) is 11.7. The molecule has 9 rings (SSSR count). The number of alkyl halides is 3. The molecular formula is C50H61F3N6O4. The number of anilines is 2. The van der Waals surface area contributed by atoms with Gasteiger partial charge < -0.3 is 20.4 Å². The fourth-order valence-corrected chi connectivity index (χ4v) is 11.2. The van der Waals surface area contributed by atoms with Crippen LogP contribution in [-0.4, -0.2) is 89.8 Å². The molecular weight excluding hydrogens is 806 g/mol. The fraction of sp³-hybridized carbons (Fsp3) is 0.560. The molecule has 4 saturated heterocycles. The minimum atomic E-state index is -4.50. The third-order valence-electron chi connectivity index (χ3n) is 15.5. The van der Waals surface area contributed by atoms with Gasteiger partial charge in [0, 0.05) is 63.7 Å². The Bertz CT molecular complexity index is 2070. The van der Waals surface area contributed by atoms with Gasteiger partial charge in [-0.15, -0.1) is 0 Å². The Morgan fingerprint density at radius 1 is 0.667 bits per heavy atom. The van der Waals surface area contributed by atoms with Crippen molar-refractivity contribution in [2.75, 3.05) is 55.6 Å². The summed E-state index contributed by atoms with van der Waals surface area (Å²) in [5.74, 6) is 0.441. The van der Waals surface area contributed by atoms with E-state index in [-0.39, 0.29) is 30.7 Å². The van der Waals surface area contributed by atoms with Crippen LogP contribution in [0.4, 0.5) is 24.5 Å². The smallest absolute Gasteiger partial charge is 0.370 e. The molecule has 0 atom stereocenters. The van der Waals surface area contributed by atoms with Crippen molar-refractivity contribution < 1.29 is 32.3 Å². The van der Waals surface area contributed by atoms with Gasteiger partial charge in [0.1, 0.15) is 0 Å². The summed E-state index contributed by atoms with van der Waals surface area (Å²) in [7, 11) is 0. The Labute approximate surface area is 368 Å². The van der Waals surface area contributed by atoms with E-state index in [1.807, 2.05) is 16.7 Å². The largest absolute Gasteiger partial charge is 0.416 e. The van der Waals surface area contributed by atoms with Gasteiger partial charge in [-0.1, -0.05) is 49.7 Å². The maximum Gasteiger partial charge on any atom is 0.416 e. The van der Waals surface area contributed by atoms with Gasteiger partial charge in [-0.3, -0.25) is 29.0 Å². The van der Waals surface area contributed by atoms with E-state index in [2.05, 4.69) is 58.3 Å². The van der Waals surface area contributed by atoms with Crippen LogP contribution >= 0.6 is 0 Å². The highest BCUT2D eigenvalue weighted by Crippen LogP contribution is 2.49. The number of hydrogen-bond donors (Lipinski definition) is 1. The Morgan fingerprint density at radius 2 is 1.10 bits per heavy atom. The minimum absolute atomic E-state index is 0.0486. The Balaban J connectivity index is 0.996. The number of nitrogens with two attached hydrogens (primary N) is 1. The van der Waals surface area contributed by atoms with E-state index >= 15 is 4.79 Å². The first kappa shape index (κ1) is 43.5. The van der Waals surface area contributed by atoms with E-state index in [1.54, 1.807) is 4.90 Å². The molecule has 63 heavy (non-hydrogen) atoms. The number of amides is 4. The van der Waals surface area contributed by atoms with Crippen LogP contribution in [0.1, 0.15) is 124 Å². The zero-order valence-electron chi connectivity index (χ0n) is 36.5. The van der Waals surface area contributed by atoms with Gasteiger partial charge in [-0.05, 0) is 136 Å². The summed E-state index contributed by atoms with van der Waals surface area (Å²) in [6, 6.07) is 21.7. The van der Waals surface area contributed by atoms with Gasteiger partial charge >= 0.3 is 6.18 Å². The molecule has 0 radical (unpaired) electrons. The average molecular weight is 867 g/mol. The summed E-state index contributed by atoms with van der Waals surface area (Å²) in [5.41, 5.74) is 7.59. The van der Waals surface area contributed by atoms with Gasteiger partial charge in [-0.25, -0.2) is 0 Å². The number of halogens is 3.